The van der Waals surface area contributed by atoms with Gasteiger partial charge in [-0.2, -0.15) is 5.10 Å². The lowest BCUT2D eigenvalue weighted by molar-refractivity contribution is -0.136. The molecule has 0 radical (unpaired) electrons. The van der Waals surface area contributed by atoms with Crippen molar-refractivity contribution in [3.8, 4) is 5.75 Å². The zero-order valence-corrected chi connectivity index (χ0v) is 18.1. The number of hydrogen-bond donors (Lipinski definition) is 2. The largest absolute Gasteiger partial charge is 0.423 e. The van der Waals surface area contributed by atoms with E-state index in [1.54, 1.807) is 73.7 Å². The number of hydrogen-bond acceptors (Lipinski definition) is 5. The maximum absolute atomic E-state index is 12.2. The summed E-state index contributed by atoms with van der Waals surface area (Å²) in [5.74, 6) is -1.92. The summed E-state index contributed by atoms with van der Waals surface area (Å²) in [7, 11) is 0. The minimum absolute atomic E-state index is 0.316. The molecule has 8 heteroatoms. The Kier molecular flexibility index (Phi) is 7.36. The van der Waals surface area contributed by atoms with E-state index in [0.29, 0.717) is 33.3 Å². The molecule has 32 heavy (non-hydrogen) atoms. The molecule has 2 N–H and O–H groups in total. The van der Waals surface area contributed by atoms with E-state index in [1.165, 1.54) is 0 Å². The topological polar surface area (TPSA) is 96.9 Å². The van der Waals surface area contributed by atoms with Gasteiger partial charge in [0.15, 0.2) is 0 Å². The quantitative estimate of drug-likeness (QED) is 0.199. The second-order valence-electron chi connectivity index (χ2n) is 6.86. The number of halogens is 1. The second-order valence-corrected chi connectivity index (χ2v) is 7.26. The van der Waals surface area contributed by atoms with Gasteiger partial charge in [0.2, 0.25) is 0 Å². The lowest BCUT2D eigenvalue weighted by Crippen LogP contribution is -2.33. The van der Waals surface area contributed by atoms with Crippen LogP contribution in [-0.4, -0.2) is 23.5 Å². The third-order valence-corrected chi connectivity index (χ3v) is 4.72. The van der Waals surface area contributed by atoms with E-state index in [0.717, 1.165) is 5.56 Å². The van der Waals surface area contributed by atoms with Gasteiger partial charge in [0.1, 0.15) is 5.75 Å². The highest BCUT2D eigenvalue weighted by molar-refractivity contribution is 6.41. The second kappa shape index (κ2) is 10.4. The molecule has 0 heterocycles. The summed E-state index contributed by atoms with van der Waals surface area (Å²) < 4.78 is 5.37. The van der Waals surface area contributed by atoms with E-state index in [9.17, 15) is 14.4 Å². The van der Waals surface area contributed by atoms with E-state index in [2.05, 4.69) is 15.8 Å². The summed E-state index contributed by atoms with van der Waals surface area (Å²) in [6.07, 6.45) is 0. The number of amides is 2. The molecule has 0 spiro atoms. The van der Waals surface area contributed by atoms with Crippen LogP contribution in [-0.2, 0) is 9.59 Å². The Balaban J connectivity index is 1.58. The van der Waals surface area contributed by atoms with Gasteiger partial charge in [-0.1, -0.05) is 41.4 Å². The molecule has 162 valence electrons. The number of ether oxygens (including phenoxy) is 1. The molecule has 0 aliphatic carbocycles. The molecular weight excluding hydrogens is 430 g/mol. The van der Waals surface area contributed by atoms with Gasteiger partial charge < -0.3 is 10.1 Å². The van der Waals surface area contributed by atoms with Crippen LogP contribution in [0.2, 0.25) is 5.02 Å². The minimum atomic E-state index is -0.937. The first-order valence-corrected chi connectivity index (χ1v) is 10.0. The molecule has 0 saturated carbocycles. The third kappa shape index (κ3) is 6.02. The van der Waals surface area contributed by atoms with Crippen molar-refractivity contribution in [2.75, 3.05) is 5.32 Å². The monoisotopic (exact) mass is 449 g/mol. The van der Waals surface area contributed by atoms with Gasteiger partial charge >= 0.3 is 17.8 Å². The Morgan fingerprint density at radius 1 is 0.875 bits per heavy atom. The molecule has 7 nitrogen and oxygen atoms in total. The summed E-state index contributed by atoms with van der Waals surface area (Å²) in [6, 6.07) is 20.3. The van der Waals surface area contributed by atoms with Crippen molar-refractivity contribution in [2.24, 2.45) is 5.10 Å². The van der Waals surface area contributed by atoms with Crippen LogP contribution < -0.4 is 15.5 Å². The molecular formula is C24H20ClN3O4. The molecule has 2 amide bonds. The summed E-state index contributed by atoms with van der Waals surface area (Å²) in [4.78, 5) is 36.2. The molecule has 3 rings (SSSR count). The van der Waals surface area contributed by atoms with E-state index in [4.69, 9.17) is 16.3 Å². The van der Waals surface area contributed by atoms with Crippen LogP contribution in [0.3, 0.4) is 0 Å². The van der Waals surface area contributed by atoms with Crippen molar-refractivity contribution in [2.45, 2.75) is 13.8 Å². The van der Waals surface area contributed by atoms with Gasteiger partial charge in [-0.05, 0) is 67.9 Å². The summed E-state index contributed by atoms with van der Waals surface area (Å²) >= 11 is 5.96. The molecule has 0 aromatic heterocycles. The van der Waals surface area contributed by atoms with Crippen LogP contribution in [0.5, 0.6) is 5.75 Å². The van der Waals surface area contributed by atoms with Crippen molar-refractivity contribution >= 4 is 40.8 Å². The fourth-order valence-electron chi connectivity index (χ4n) is 2.69. The predicted molar refractivity (Wildman–Crippen MR) is 123 cm³/mol. The Bertz CT molecular complexity index is 1190. The average molecular weight is 450 g/mol. The first-order chi connectivity index (χ1) is 15.3. The molecule has 3 aromatic rings. The van der Waals surface area contributed by atoms with Crippen molar-refractivity contribution < 1.29 is 19.1 Å². The number of nitrogens with one attached hydrogen (secondary N) is 2. The Morgan fingerprint density at radius 2 is 1.59 bits per heavy atom. The summed E-state index contributed by atoms with van der Waals surface area (Å²) in [6.45, 7) is 3.56. The molecule has 0 atom stereocenters. The third-order valence-electron chi connectivity index (χ3n) is 4.39. The molecule has 0 bridgehead atoms. The summed E-state index contributed by atoms with van der Waals surface area (Å²) in [5, 5.41) is 6.67. The van der Waals surface area contributed by atoms with E-state index in [1.807, 2.05) is 13.0 Å². The van der Waals surface area contributed by atoms with Crippen molar-refractivity contribution in [1.29, 1.82) is 0 Å². The fourth-order valence-corrected chi connectivity index (χ4v) is 2.88. The van der Waals surface area contributed by atoms with Gasteiger partial charge in [0.05, 0.1) is 22.0 Å². The standard InChI is InChI=1S/C24H20ClN3O4/c1-15-6-5-7-18(14-15)24(31)32-19-12-10-17(11-13-19)16(2)27-28-23(30)22(29)26-21-9-4-3-8-20(21)25/h3-14H,1-2H3,(H,26,29)(H,28,30). The van der Waals surface area contributed by atoms with Gasteiger partial charge in [0, 0.05) is 0 Å². The van der Waals surface area contributed by atoms with E-state index < -0.39 is 17.8 Å². The molecule has 0 unspecified atom stereocenters. The number of hydrazone groups is 1. The van der Waals surface area contributed by atoms with Gasteiger partial charge in [0.25, 0.3) is 0 Å². The molecule has 0 aliphatic heterocycles. The predicted octanol–water partition coefficient (Wildman–Crippen LogP) is 4.35. The lowest BCUT2D eigenvalue weighted by Gasteiger charge is -2.07. The van der Waals surface area contributed by atoms with Crippen LogP contribution in [0, 0.1) is 6.92 Å². The first kappa shape index (κ1) is 22.7. The maximum Gasteiger partial charge on any atom is 0.343 e. The molecule has 3 aromatic carbocycles. The van der Waals surface area contributed by atoms with Crippen molar-refractivity contribution in [3.05, 3.63) is 94.5 Å². The van der Waals surface area contributed by atoms with E-state index in [-0.39, 0.29) is 0 Å². The van der Waals surface area contributed by atoms with Crippen molar-refractivity contribution in [1.82, 2.24) is 5.43 Å². The minimum Gasteiger partial charge on any atom is -0.423 e. The number of carbonyl (C=O) groups is 3. The smallest absolute Gasteiger partial charge is 0.343 e. The number of carbonyl (C=O) groups excluding carboxylic acids is 3. The Hall–Kier alpha value is -3.97. The van der Waals surface area contributed by atoms with Crippen molar-refractivity contribution in [3.63, 3.8) is 0 Å². The SMILES string of the molecule is CC(=NNC(=O)C(=O)Nc1ccccc1Cl)c1ccc(OC(=O)c2cccc(C)c2)cc1. The van der Waals surface area contributed by atoms with Crippen LogP contribution in [0.1, 0.15) is 28.4 Å². The van der Waals surface area contributed by atoms with Crippen LogP contribution in [0.4, 0.5) is 5.69 Å². The number of esters is 1. The zero-order valence-electron chi connectivity index (χ0n) is 17.4. The van der Waals surface area contributed by atoms with Gasteiger partial charge in [-0.15, -0.1) is 0 Å². The number of benzene rings is 3. The zero-order chi connectivity index (χ0) is 23.1. The van der Waals surface area contributed by atoms with Crippen LogP contribution >= 0.6 is 11.6 Å². The molecule has 0 aliphatic rings. The van der Waals surface area contributed by atoms with Crippen LogP contribution in [0.15, 0.2) is 77.9 Å². The summed E-state index contributed by atoms with van der Waals surface area (Å²) in [5.41, 5.74) is 5.08. The number of aryl methyl sites for hydroxylation is 1. The lowest BCUT2D eigenvalue weighted by atomic mass is 10.1. The van der Waals surface area contributed by atoms with Crippen LogP contribution in [0.25, 0.3) is 0 Å². The number of para-hydroxylation sites is 1. The average Bonchev–Trinajstić information content (AvgIpc) is 2.79. The highest BCUT2D eigenvalue weighted by atomic mass is 35.5. The normalized spacial score (nSPS) is 10.9. The highest BCUT2D eigenvalue weighted by Crippen LogP contribution is 2.20. The van der Waals surface area contributed by atoms with Gasteiger partial charge in [-0.25, -0.2) is 10.2 Å². The Labute approximate surface area is 190 Å². The Morgan fingerprint density at radius 3 is 2.28 bits per heavy atom. The fraction of sp³-hybridized carbons (Fsp3) is 0.0833. The first-order valence-electron chi connectivity index (χ1n) is 9.63. The van der Waals surface area contributed by atoms with E-state index >= 15 is 0 Å². The maximum atomic E-state index is 12.2. The number of rotatable bonds is 5. The molecule has 0 saturated heterocycles. The number of nitrogens with zero attached hydrogens (tertiary/aromatic N) is 1. The number of anilines is 1. The molecule has 0 fully saturated rings. The van der Waals surface area contributed by atoms with Gasteiger partial charge in [-0.3, -0.25) is 9.59 Å². The highest BCUT2D eigenvalue weighted by Gasteiger charge is 2.15.